The smallest absolute Gasteiger partial charge is 0.361 e. The molecular formula is C25H27F3N4O3. The van der Waals surface area contributed by atoms with Crippen LogP contribution in [0.15, 0.2) is 54.7 Å². The van der Waals surface area contributed by atoms with E-state index in [9.17, 15) is 27.6 Å². The molecule has 0 unspecified atom stereocenters. The Morgan fingerprint density at radius 2 is 1.83 bits per heavy atom. The van der Waals surface area contributed by atoms with Crippen molar-refractivity contribution < 1.29 is 27.6 Å². The Morgan fingerprint density at radius 1 is 1.09 bits per heavy atom. The number of halogens is 3. The van der Waals surface area contributed by atoms with Crippen LogP contribution < -0.4 is 16.0 Å². The van der Waals surface area contributed by atoms with Gasteiger partial charge in [-0.3, -0.25) is 4.79 Å². The molecule has 2 aromatic carbocycles. The number of urea groups is 1. The molecule has 0 aliphatic heterocycles. The number of carbonyl (C=O) groups is 3. The van der Waals surface area contributed by atoms with Crippen LogP contribution in [-0.2, 0) is 22.2 Å². The van der Waals surface area contributed by atoms with Crippen molar-refractivity contribution in [2.75, 3.05) is 5.32 Å². The Balaban J connectivity index is 1.68. The first kappa shape index (κ1) is 25.8. The van der Waals surface area contributed by atoms with Gasteiger partial charge in [-0.25, -0.2) is 4.79 Å². The fraction of sp³-hybridized carbons (Fsp3) is 0.320. The van der Waals surface area contributed by atoms with Crippen molar-refractivity contribution in [1.82, 2.24) is 15.6 Å². The first-order valence-electron chi connectivity index (χ1n) is 11.2. The molecule has 1 heterocycles. The lowest BCUT2D eigenvalue weighted by Crippen LogP contribution is -2.54. The molecule has 0 fully saturated rings. The van der Waals surface area contributed by atoms with Crippen LogP contribution in [0.3, 0.4) is 0 Å². The number of aromatic nitrogens is 1. The largest absolute Gasteiger partial charge is 0.416 e. The van der Waals surface area contributed by atoms with Gasteiger partial charge in [0.1, 0.15) is 12.3 Å². The average Bonchev–Trinajstić information content (AvgIpc) is 3.24. The minimum atomic E-state index is -4.55. The van der Waals surface area contributed by atoms with E-state index >= 15 is 0 Å². The summed E-state index contributed by atoms with van der Waals surface area (Å²) in [7, 11) is 0. The summed E-state index contributed by atoms with van der Waals surface area (Å²) in [5.74, 6) is -0.863. The number of para-hydroxylation sites is 1. The van der Waals surface area contributed by atoms with Crippen molar-refractivity contribution >= 4 is 34.8 Å². The number of fused-ring (bicyclic) bond motifs is 1. The van der Waals surface area contributed by atoms with E-state index < -0.39 is 35.8 Å². The van der Waals surface area contributed by atoms with Crippen molar-refractivity contribution in [3.05, 3.63) is 65.9 Å². The number of alkyl halides is 3. The molecule has 0 bridgehead atoms. The summed E-state index contributed by atoms with van der Waals surface area (Å²) in [4.78, 5) is 40.4. The first-order chi connectivity index (χ1) is 16.6. The standard InChI is InChI=1S/C25H27F3N4O3/c1-3-15(2)22(32-24(35)31-18-8-6-7-17(12-18)25(26,27)28)23(34)30-19(14-33)11-16-13-29-21-10-5-4-9-20(16)21/h4-10,12-15,19,22,29H,3,11H2,1-2H3,(H,30,34)(H2,31,32,35)/t15-,19-,22-/m0/s1. The summed E-state index contributed by atoms with van der Waals surface area (Å²) < 4.78 is 38.8. The number of aldehydes is 1. The maximum Gasteiger partial charge on any atom is 0.416 e. The van der Waals surface area contributed by atoms with E-state index in [1.54, 1.807) is 13.1 Å². The Bertz CT molecular complexity index is 1190. The molecule has 3 amide bonds. The van der Waals surface area contributed by atoms with Gasteiger partial charge in [-0.1, -0.05) is 44.5 Å². The molecule has 0 aliphatic rings. The van der Waals surface area contributed by atoms with Gasteiger partial charge in [-0.05, 0) is 35.7 Å². The van der Waals surface area contributed by atoms with Crippen molar-refractivity contribution in [2.24, 2.45) is 5.92 Å². The summed E-state index contributed by atoms with van der Waals surface area (Å²) in [5.41, 5.74) is 0.792. The maximum atomic E-state index is 13.0. The number of amides is 3. The van der Waals surface area contributed by atoms with Gasteiger partial charge in [0.15, 0.2) is 0 Å². The molecular weight excluding hydrogens is 461 g/mol. The molecule has 3 rings (SSSR count). The second-order valence-corrected chi connectivity index (χ2v) is 8.36. The molecule has 1 aromatic heterocycles. The van der Waals surface area contributed by atoms with Crippen molar-refractivity contribution in [3.8, 4) is 0 Å². The number of hydrogen-bond acceptors (Lipinski definition) is 3. The fourth-order valence-electron chi connectivity index (χ4n) is 3.73. The Kier molecular flexibility index (Phi) is 8.16. The minimum Gasteiger partial charge on any atom is -0.361 e. The van der Waals surface area contributed by atoms with Crippen molar-refractivity contribution in [3.63, 3.8) is 0 Å². The maximum absolute atomic E-state index is 13.0. The number of rotatable bonds is 9. The molecule has 35 heavy (non-hydrogen) atoms. The molecule has 3 aromatic rings. The molecule has 0 saturated carbocycles. The van der Waals surface area contributed by atoms with Crippen molar-refractivity contribution in [1.29, 1.82) is 0 Å². The molecule has 186 valence electrons. The van der Waals surface area contributed by atoms with Gasteiger partial charge in [0, 0.05) is 29.2 Å². The Hall–Kier alpha value is -3.82. The molecule has 7 nitrogen and oxygen atoms in total. The molecule has 3 atom stereocenters. The number of anilines is 1. The predicted octanol–water partition coefficient (Wildman–Crippen LogP) is 4.65. The molecule has 0 saturated heterocycles. The fourth-order valence-corrected chi connectivity index (χ4v) is 3.73. The molecule has 0 radical (unpaired) electrons. The SMILES string of the molecule is CC[C@H](C)[C@H](NC(=O)Nc1cccc(C(F)(F)F)c1)C(=O)N[C@H](C=O)Cc1c[nH]c2ccccc12. The van der Waals surface area contributed by atoms with Crippen LogP contribution in [0.25, 0.3) is 10.9 Å². The quantitative estimate of drug-likeness (QED) is 0.330. The van der Waals surface area contributed by atoms with Crippen molar-refractivity contribution in [2.45, 2.75) is 44.9 Å². The van der Waals surface area contributed by atoms with Gasteiger partial charge in [-0.15, -0.1) is 0 Å². The highest BCUT2D eigenvalue weighted by atomic mass is 19.4. The van der Waals surface area contributed by atoms with Crippen LogP contribution >= 0.6 is 0 Å². The second-order valence-electron chi connectivity index (χ2n) is 8.36. The van der Waals surface area contributed by atoms with Crippen LogP contribution in [0.5, 0.6) is 0 Å². The van der Waals surface area contributed by atoms with Gasteiger partial charge in [0.25, 0.3) is 0 Å². The number of aromatic amines is 1. The molecule has 0 aliphatic carbocycles. The third-order valence-corrected chi connectivity index (χ3v) is 5.84. The monoisotopic (exact) mass is 488 g/mol. The van der Waals surface area contributed by atoms with Crippen LogP contribution in [0.4, 0.5) is 23.7 Å². The predicted molar refractivity (Wildman–Crippen MR) is 127 cm³/mol. The highest BCUT2D eigenvalue weighted by molar-refractivity contribution is 5.94. The zero-order valence-corrected chi connectivity index (χ0v) is 19.3. The molecule has 4 N–H and O–H groups in total. The number of H-pyrrole nitrogens is 1. The minimum absolute atomic E-state index is 0.0641. The molecule has 10 heteroatoms. The zero-order chi connectivity index (χ0) is 25.6. The summed E-state index contributed by atoms with van der Waals surface area (Å²) in [5, 5.41) is 8.47. The molecule has 0 spiro atoms. The van der Waals surface area contributed by atoms with E-state index in [0.29, 0.717) is 12.7 Å². The van der Waals surface area contributed by atoms with Gasteiger partial charge in [0.2, 0.25) is 5.91 Å². The number of benzene rings is 2. The highest BCUT2D eigenvalue weighted by Gasteiger charge is 2.31. The van der Waals surface area contributed by atoms with Crippen LogP contribution in [0.1, 0.15) is 31.4 Å². The van der Waals surface area contributed by atoms with E-state index in [1.807, 2.05) is 31.2 Å². The van der Waals surface area contributed by atoms with E-state index in [2.05, 4.69) is 20.9 Å². The van der Waals surface area contributed by atoms with Gasteiger partial charge in [0.05, 0.1) is 11.6 Å². The van der Waals surface area contributed by atoms with Crippen LogP contribution in [0, 0.1) is 5.92 Å². The second kappa shape index (κ2) is 11.1. The average molecular weight is 489 g/mol. The lowest BCUT2D eigenvalue weighted by atomic mass is 9.97. The third kappa shape index (κ3) is 6.62. The summed E-state index contributed by atoms with van der Waals surface area (Å²) in [6.45, 7) is 3.59. The Labute approximate surface area is 200 Å². The summed E-state index contributed by atoms with van der Waals surface area (Å²) >= 11 is 0. The Morgan fingerprint density at radius 3 is 2.51 bits per heavy atom. The number of nitrogens with one attached hydrogen (secondary N) is 4. The summed E-state index contributed by atoms with van der Waals surface area (Å²) in [6.07, 6.45) is -1.35. The van der Waals surface area contributed by atoms with E-state index in [0.717, 1.165) is 28.6 Å². The normalized spacial score (nSPS) is 14.1. The highest BCUT2D eigenvalue weighted by Crippen LogP contribution is 2.30. The van der Waals surface area contributed by atoms with Gasteiger partial charge in [-0.2, -0.15) is 13.2 Å². The van der Waals surface area contributed by atoms with E-state index in [1.165, 1.54) is 12.1 Å². The summed E-state index contributed by atoms with van der Waals surface area (Å²) in [6, 6.07) is 9.10. The lowest BCUT2D eigenvalue weighted by Gasteiger charge is -2.25. The first-order valence-corrected chi connectivity index (χ1v) is 11.2. The van der Waals surface area contributed by atoms with E-state index in [-0.39, 0.29) is 18.0 Å². The van der Waals surface area contributed by atoms with Gasteiger partial charge < -0.3 is 25.7 Å². The number of hydrogen-bond donors (Lipinski definition) is 4. The van der Waals surface area contributed by atoms with Crippen LogP contribution in [-0.4, -0.2) is 35.3 Å². The van der Waals surface area contributed by atoms with Gasteiger partial charge >= 0.3 is 12.2 Å². The third-order valence-electron chi connectivity index (χ3n) is 5.84. The zero-order valence-electron chi connectivity index (χ0n) is 19.3. The van der Waals surface area contributed by atoms with Crippen LogP contribution in [0.2, 0.25) is 0 Å². The topological polar surface area (TPSA) is 103 Å². The van der Waals surface area contributed by atoms with E-state index in [4.69, 9.17) is 0 Å². The number of carbonyl (C=O) groups excluding carboxylic acids is 3. The lowest BCUT2D eigenvalue weighted by molar-refractivity contribution is -0.137.